The average Bonchev–Trinajstić information content (AvgIpc) is 2.09. The van der Waals surface area contributed by atoms with Crippen molar-refractivity contribution in [3.8, 4) is 0 Å². The number of nitrogens with one attached hydrogen (secondary N) is 1. The van der Waals surface area contributed by atoms with Crippen molar-refractivity contribution in [3.63, 3.8) is 0 Å². The molecule has 1 rings (SSSR count). The average molecular weight is 179 g/mol. The van der Waals surface area contributed by atoms with Gasteiger partial charge in [0.1, 0.15) is 0 Å². The topological polar surface area (TPSA) is 32.3 Å². The number of benzene rings is 1. The molecule has 13 heavy (non-hydrogen) atoms. The van der Waals surface area contributed by atoms with E-state index in [1.165, 1.54) is 5.56 Å². The Kier molecular flexibility index (Phi) is 2.94. The third-order valence-electron chi connectivity index (χ3n) is 1.93. The Bertz CT molecular complexity index is 264. The van der Waals surface area contributed by atoms with Crippen LogP contribution in [0.2, 0.25) is 0 Å². The SMILES string of the molecule is Cc1ccc(NC(C)(C)CO)cc1. The van der Waals surface area contributed by atoms with Crippen LogP contribution >= 0.6 is 0 Å². The van der Waals surface area contributed by atoms with Crippen LogP contribution in [0.4, 0.5) is 5.69 Å². The summed E-state index contributed by atoms with van der Waals surface area (Å²) in [5.74, 6) is 0. The second kappa shape index (κ2) is 3.79. The largest absolute Gasteiger partial charge is 0.394 e. The number of aliphatic hydroxyl groups is 1. The molecule has 0 amide bonds. The number of hydrogen-bond acceptors (Lipinski definition) is 2. The van der Waals surface area contributed by atoms with Crippen molar-refractivity contribution in [2.24, 2.45) is 0 Å². The summed E-state index contributed by atoms with van der Waals surface area (Å²) >= 11 is 0. The fraction of sp³-hybridized carbons (Fsp3) is 0.455. The van der Waals surface area contributed by atoms with E-state index in [0.29, 0.717) is 0 Å². The van der Waals surface area contributed by atoms with Crippen molar-refractivity contribution >= 4 is 5.69 Å². The Hall–Kier alpha value is -1.02. The molecule has 0 aliphatic heterocycles. The number of aryl methyl sites for hydroxylation is 1. The predicted molar refractivity (Wildman–Crippen MR) is 56.0 cm³/mol. The number of hydrogen-bond donors (Lipinski definition) is 2. The fourth-order valence-electron chi connectivity index (χ4n) is 1.07. The highest BCUT2D eigenvalue weighted by atomic mass is 16.3. The minimum Gasteiger partial charge on any atom is -0.394 e. The van der Waals surface area contributed by atoms with E-state index in [9.17, 15) is 0 Å². The zero-order valence-corrected chi connectivity index (χ0v) is 8.46. The number of anilines is 1. The van der Waals surface area contributed by atoms with Crippen molar-refractivity contribution in [1.82, 2.24) is 0 Å². The summed E-state index contributed by atoms with van der Waals surface area (Å²) in [6, 6.07) is 8.14. The number of rotatable bonds is 3. The molecule has 0 radical (unpaired) electrons. The first-order valence-electron chi connectivity index (χ1n) is 4.49. The molecule has 0 aliphatic rings. The molecule has 0 saturated carbocycles. The highest BCUT2D eigenvalue weighted by Crippen LogP contribution is 2.14. The highest BCUT2D eigenvalue weighted by Gasteiger charge is 2.14. The highest BCUT2D eigenvalue weighted by molar-refractivity contribution is 5.46. The van der Waals surface area contributed by atoms with Crippen LogP contribution in [0.3, 0.4) is 0 Å². The van der Waals surface area contributed by atoms with E-state index >= 15 is 0 Å². The predicted octanol–water partition coefficient (Wildman–Crippen LogP) is 2.18. The monoisotopic (exact) mass is 179 g/mol. The van der Waals surface area contributed by atoms with E-state index in [1.54, 1.807) is 0 Å². The van der Waals surface area contributed by atoms with Crippen molar-refractivity contribution < 1.29 is 5.11 Å². The molecule has 2 heteroatoms. The maximum Gasteiger partial charge on any atom is 0.0656 e. The fourth-order valence-corrected chi connectivity index (χ4v) is 1.07. The molecule has 1 aromatic rings. The lowest BCUT2D eigenvalue weighted by Crippen LogP contribution is -2.34. The summed E-state index contributed by atoms with van der Waals surface area (Å²) in [4.78, 5) is 0. The van der Waals surface area contributed by atoms with Crippen LogP contribution in [-0.4, -0.2) is 17.3 Å². The zero-order valence-electron chi connectivity index (χ0n) is 8.46. The van der Waals surface area contributed by atoms with Crippen LogP contribution in [0.25, 0.3) is 0 Å². The van der Waals surface area contributed by atoms with Gasteiger partial charge in [0.05, 0.1) is 12.1 Å². The molecule has 2 nitrogen and oxygen atoms in total. The summed E-state index contributed by atoms with van der Waals surface area (Å²) in [7, 11) is 0. The Labute approximate surface area is 79.6 Å². The Morgan fingerprint density at radius 3 is 2.23 bits per heavy atom. The first kappa shape index (κ1) is 10.1. The third-order valence-corrected chi connectivity index (χ3v) is 1.93. The van der Waals surface area contributed by atoms with Crippen molar-refractivity contribution in [3.05, 3.63) is 29.8 Å². The second-order valence-corrected chi connectivity index (χ2v) is 4.03. The molecule has 0 saturated heterocycles. The molecule has 0 spiro atoms. The van der Waals surface area contributed by atoms with Gasteiger partial charge in [0.2, 0.25) is 0 Å². The smallest absolute Gasteiger partial charge is 0.0656 e. The van der Waals surface area contributed by atoms with Crippen molar-refractivity contribution in [1.29, 1.82) is 0 Å². The second-order valence-electron chi connectivity index (χ2n) is 4.03. The van der Waals surface area contributed by atoms with E-state index in [-0.39, 0.29) is 12.1 Å². The van der Waals surface area contributed by atoms with Gasteiger partial charge in [0, 0.05) is 5.69 Å². The van der Waals surface area contributed by atoms with Crippen LogP contribution < -0.4 is 5.32 Å². The van der Waals surface area contributed by atoms with E-state index in [1.807, 2.05) is 26.0 Å². The molecule has 72 valence electrons. The maximum absolute atomic E-state index is 9.05. The van der Waals surface area contributed by atoms with Crippen LogP contribution in [0.15, 0.2) is 24.3 Å². The summed E-state index contributed by atoms with van der Waals surface area (Å²) < 4.78 is 0. The summed E-state index contributed by atoms with van der Waals surface area (Å²) in [5, 5.41) is 12.3. The first-order valence-corrected chi connectivity index (χ1v) is 4.49. The van der Waals surface area contributed by atoms with Crippen molar-refractivity contribution in [2.45, 2.75) is 26.3 Å². The van der Waals surface area contributed by atoms with Gasteiger partial charge in [0.15, 0.2) is 0 Å². The van der Waals surface area contributed by atoms with Crippen LogP contribution in [0.1, 0.15) is 19.4 Å². The molecule has 0 aliphatic carbocycles. The standard InChI is InChI=1S/C11H17NO/c1-9-4-6-10(7-5-9)12-11(2,3)8-13/h4-7,12-13H,8H2,1-3H3. The quantitative estimate of drug-likeness (QED) is 0.745. The lowest BCUT2D eigenvalue weighted by molar-refractivity contribution is 0.234. The van der Waals surface area contributed by atoms with E-state index in [4.69, 9.17) is 5.11 Å². The third kappa shape index (κ3) is 3.07. The van der Waals surface area contributed by atoms with Gasteiger partial charge in [-0.1, -0.05) is 17.7 Å². The number of aliphatic hydroxyl groups excluding tert-OH is 1. The summed E-state index contributed by atoms with van der Waals surface area (Å²) in [6.45, 7) is 6.11. The minimum atomic E-state index is -0.255. The zero-order chi connectivity index (χ0) is 9.90. The summed E-state index contributed by atoms with van der Waals surface area (Å²) in [6.07, 6.45) is 0. The van der Waals surface area contributed by atoms with Gasteiger partial charge in [-0.2, -0.15) is 0 Å². The van der Waals surface area contributed by atoms with E-state index in [0.717, 1.165) is 5.69 Å². The van der Waals surface area contributed by atoms with Gasteiger partial charge >= 0.3 is 0 Å². The molecular formula is C11H17NO. The Morgan fingerprint density at radius 1 is 1.23 bits per heavy atom. The molecule has 0 heterocycles. The van der Waals surface area contributed by atoms with Gasteiger partial charge in [0.25, 0.3) is 0 Å². The van der Waals surface area contributed by atoms with E-state index in [2.05, 4.69) is 24.4 Å². The molecule has 0 bridgehead atoms. The van der Waals surface area contributed by atoms with Gasteiger partial charge in [-0.3, -0.25) is 0 Å². The first-order chi connectivity index (χ1) is 6.03. The maximum atomic E-state index is 9.05. The lowest BCUT2D eigenvalue weighted by atomic mass is 10.1. The molecule has 1 aromatic carbocycles. The van der Waals surface area contributed by atoms with E-state index < -0.39 is 0 Å². The lowest BCUT2D eigenvalue weighted by Gasteiger charge is -2.24. The molecule has 0 aromatic heterocycles. The van der Waals surface area contributed by atoms with Crippen LogP contribution in [0, 0.1) is 6.92 Å². The van der Waals surface area contributed by atoms with Crippen LogP contribution in [-0.2, 0) is 0 Å². The van der Waals surface area contributed by atoms with Gasteiger partial charge in [-0.15, -0.1) is 0 Å². The van der Waals surface area contributed by atoms with Crippen molar-refractivity contribution in [2.75, 3.05) is 11.9 Å². The minimum absolute atomic E-state index is 0.126. The Morgan fingerprint density at radius 2 is 1.77 bits per heavy atom. The normalized spacial score (nSPS) is 11.4. The summed E-state index contributed by atoms with van der Waals surface area (Å²) in [5.41, 5.74) is 2.03. The van der Waals surface area contributed by atoms with Gasteiger partial charge < -0.3 is 10.4 Å². The Balaban J connectivity index is 2.69. The molecular weight excluding hydrogens is 162 g/mol. The molecule has 0 unspecified atom stereocenters. The van der Waals surface area contributed by atoms with Gasteiger partial charge in [-0.25, -0.2) is 0 Å². The molecule has 2 N–H and O–H groups in total. The molecule has 0 fully saturated rings. The molecule has 0 atom stereocenters. The van der Waals surface area contributed by atoms with Gasteiger partial charge in [-0.05, 0) is 32.9 Å². The van der Waals surface area contributed by atoms with Crippen LogP contribution in [0.5, 0.6) is 0 Å².